The van der Waals surface area contributed by atoms with Gasteiger partial charge in [-0.3, -0.25) is 4.98 Å². The summed E-state index contributed by atoms with van der Waals surface area (Å²) in [6.45, 7) is 0.246. The zero-order chi connectivity index (χ0) is 14.8. The van der Waals surface area contributed by atoms with E-state index < -0.39 is 17.4 Å². The second-order valence-corrected chi connectivity index (χ2v) is 4.66. The van der Waals surface area contributed by atoms with Crippen molar-refractivity contribution >= 4 is 16.5 Å². The molecule has 0 saturated carbocycles. The summed E-state index contributed by atoms with van der Waals surface area (Å²) in [6, 6.07) is 9.79. The van der Waals surface area contributed by atoms with Crippen LogP contribution in [0.1, 0.15) is 5.56 Å². The molecule has 0 atom stereocenters. The molecule has 106 valence electrons. The van der Waals surface area contributed by atoms with Crippen LogP contribution < -0.4 is 5.32 Å². The monoisotopic (exact) mass is 286 g/mol. The van der Waals surface area contributed by atoms with E-state index >= 15 is 0 Å². The van der Waals surface area contributed by atoms with E-state index in [0.29, 0.717) is 5.56 Å². The lowest BCUT2D eigenvalue weighted by molar-refractivity contribution is 0.395. The Morgan fingerprint density at radius 3 is 2.62 bits per heavy atom. The van der Waals surface area contributed by atoms with Crippen molar-refractivity contribution in [3.63, 3.8) is 0 Å². The number of benzene rings is 2. The van der Waals surface area contributed by atoms with Gasteiger partial charge in [-0.1, -0.05) is 12.1 Å². The average Bonchev–Trinajstić information content (AvgIpc) is 2.50. The molecule has 3 nitrogen and oxygen atoms in total. The number of nitrogens with one attached hydrogen (secondary N) is 1. The molecule has 0 aliphatic carbocycles. The van der Waals surface area contributed by atoms with Crippen LogP contribution in [0.25, 0.3) is 10.8 Å². The number of phenolic OH excluding ortho intramolecular Hbond substituents is 1. The standard InChI is InChI=1S/C16H12F2N2O/c17-13-6-10(7-14(18)16(13)21)8-20-15-3-1-2-11-9-19-5-4-12(11)15/h1-7,9,20-21H,8H2. The number of anilines is 1. The number of phenols is 1. The normalized spacial score (nSPS) is 10.8. The van der Waals surface area contributed by atoms with Crippen LogP contribution in [0.5, 0.6) is 5.75 Å². The Hall–Kier alpha value is -2.69. The second kappa shape index (κ2) is 5.36. The first-order valence-electron chi connectivity index (χ1n) is 6.38. The minimum atomic E-state index is -0.964. The Balaban J connectivity index is 1.87. The van der Waals surface area contributed by atoms with Crippen LogP contribution in [0.2, 0.25) is 0 Å². The van der Waals surface area contributed by atoms with Crippen molar-refractivity contribution in [2.75, 3.05) is 5.32 Å². The number of pyridine rings is 1. The van der Waals surface area contributed by atoms with Crippen molar-refractivity contribution in [1.82, 2.24) is 4.98 Å². The molecule has 0 aliphatic rings. The zero-order valence-corrected chi connectivity index (χ0v) is 11.0. The van der Waals surface area contributed by atoms with E-state index in [4.69, 9.17) is 5.11 Å². The summed E-state index contributed by atoms with van der Waals surface area (Å²) in [5, 5.41) is 14.2. The van der Waals surface area contributed by atoms with Crippen molar-refractivity contribution in [3.05, 3.63) is 66.0 Å². The lowest BCUT2D eigenvalue weighted by Crippen LogP contribution is -2.01. The topological polar surface area (TPSA) is 45.1 Å². The van der Waals surface area contributed by atoms with Crippen molar-refractivity contribution in [2.45, 2.75) is 6.54 Å². The molecule has 21 heavy (non-hydrogen) atoms. The molecule has 1 heterocycles. The van der Waals surface area contributed by atoms with Gasteiger partial charge >= 0.3 is 0 Å². The molecule has 0 amide bonds. The lowest BCUT2D eigenvalue weighted by Gasteiger charge is -2.10. The first-order valence-corrected chi connectivity index (χ1v) is 6.38. The summed E-state index contributed by atoms with van der Waals surface area (Å²) >= 11 is 0. The molecule has 3 aromatic rings. The predicted octanol–water partition coefficient (Wildman–Crippen LogP) is 3.83. The van der Waals surface area contributed by atoms with Crippen molar-refractivity contribution in [3.8, 4) is 5.75 Å². The molecule has 0 spiro atoms. The van der Waals surface area contributed by atoms with E-state index in [1.165, 1.54) is 0 Å². The second-order valence-electron chi connectivity index (χ2n) is 4.66. The highest BCUT2D eigenvalue weighted by Crippen LogP contribution is 2.25. The summed E-state index contributed by atoms with van der Waals surface area (Å²) in [7, 11) is 0. The number of halogens is 2. The van der Waals surface area contributed by atoms with E-state index in [1.807, 2.05) is 24.3 Å². The van der Waals surface area contributed by atoms with E-state index in [0.717, 1.165) is 28.6 Å². The summed E-state index contributed by atoms with van der Waals surface area (Å²) in [6.07, 6.45) is 3.44. The zero-order valence-electron chi connectivity index (χ0n) is 11.0. The van der Waals surface area contributed by atoms with Crippen LogP contribution in [0.3, 0.4) is 0 Å². The minimum absolute atomic E-state index is 0.246. The van der Waals surface area contributed by atoms with Gasteiger partial charge in [-0.2, -0.15) is 0 Å². The molecule has 3 rings (SSSR count). The van der Waals surface area contributed by atoms with E-state index in [2.05, 4.69) is 10.3 Å². The van der Waals surface area contributed by atoms with Crippen molar-refractivity contribution in [2.24, 2.45) is 0 Å². The molecular weight excluding hydrogens is 274 g/mol. The summed E-state index contributed by atoms with van der Waals surface area (Å²) < 4.78 is 26.6. The molecule has 0 aliphatic heterocycles. The molecule has 0 unspecified atom stereocenters. The van der Waals surface area contributed by atoms with Gasteiger partial charge in [0.15, 0.2) is 17.4 Å². The largest absolute Gasteiger partial charge is 0.503 e. The van der Waals surface area contributed by atoms with Crippen LogP contribution in [0.15, 0.2) is 48.8 Å². The number of aromatic nitrogens is 1. The average molecular weight is 286 g/mol. The van der Waals surface area contributed by atoms with Crippen LogP contribution in [-0.4, -0.2) is 10.1 Å². The van der Waals surface area contributed by atoms with E-state index in [-0.39, 0.29) is 6.54 Å². The molecule has 0 saturated heterocycles. The maximum atomic E-state index is 13.3. The van der Waals surface area contributed by atoms with Gasteiger partial charge in [0.1, 0.15) is 0 Å². The van der Waals surface area contributed by atoms with E-state index in [1.54, 1.807) is 12.4 Å². The van der Waals surface area contributed by atoms with Crippen LogP contribution in [0, 0.1) is 11.6 Å². The smallest absolute Gasteiger partial charge is 0.187 e. The number of hydrogen-bond donors (Lipinski definition) is 2. The number of nitrogens with zero attached hydrogens (tertiary/aromatic N) is 1. The minimum Gasteiger partial charge on any atom is -0.503 e. The third-order valence-corrected chi connectivity index (χ3v) is 3.24. The van der Waals surface area contributed by atoms with Crippen molar-refractivity contribution < 1.29 is 13.9 Å². The van der Waals surface area contributed by atoms with Crippen LogP contribution in [0.4, 0.5) is 14.5 Å². The Labute approximate surface area is 119 Å². The number of fused-ring (bicyclic) bond motifs is 1. The van der Waals surface area contributed by atoms with Crippen molar-refractivity contribution in [1.29, 1.82) is 0 Å². The van der Waals surface area contributed by atoms with Gasteiger partial charge in [-0.05, 0) is 29.8 Å². The SMILES string of the molecule is Oc1c(F)cc(CNc2cccc3cnccc23)cc1F. The fraction of sp³-hybridized carbons (Fsp3) is 0.0625. The predicted molar refractivity (Wildman–Crippen MR) is 77.1 cm³/mol. The number of hydrogen-bond acceptors (Lipinski definition) is 3. The molecule has 0 radical (unpaired) electrons. The van der Waals surface area contributed by atoms with Crippen LogP contribution in [-0.2, 0) is 6.54 Å². The summed E-state index contributed by atoms with van der Waals surface area (Å²) in [5.41, 5.74) is 1.26. The van der Waals surface area contributed by atoms with Gasteiger partial charge in [0.2, 0.25) is 0 Å². The Bertz CT molecular complexity index is 777. The highest BCUT2D eigenvalue weighted by Gasteiger charge is 2.09. The molecular formula is C16H12F2N2O. The Morgan fingerprint density at radius 1 is 1.10 bits per heavy atom. The lowest BCUT2D eigenvalue weighted by atomic mass is 10.1. The fourth-order valence-corrected chi connectivity index (χ4v) is 2.19. The fourth-order valence-electron chi connectivity index (χ4n) is 2.19. The van der Waals surface area contributed by atoms with Gasteiger partial charge in [0, 0.05) is 35.4 Å². The maximum Gasteiger partial charge on any atom is 0.187 e. The molecule has 2 N–H and O–H groups in total. The highest BCUT2D eigenvalue weighted by atomic mass is 19.1. The third kappa shape index (κ3) is 2.63. The third-order valence-electron chi connectivity index (χ3n) is 3.24. The van der Waals surface area contributed by atoms with Gasteiger partial charge in [-0.25, -0.2) is 8.78 Å². The highest BCUT2D eigenvalue weighted by molar-refractivity contribution is 5.93. The summed E-state index contributed by atoms with van der Waals surface area (Å²) in [5.74, 6) is -2.88. The molecule has 1 aromatic heterocycles. The maximum absolute atomic E-state index is 13.3. The van der Waals surface area contributed by atoms with Gasteiger partial charge in [-0.15, -0.1) is 0 Å². The quantitative estimate of drug-likeness (QED) is 0.769. The molecule has 0 fully saturated rings. The molecule has 2 aromatic carbocycles. The number of aromatic hydroxyl groups is 1. The molecule has 5 heteroatoms. The summed E-state index contributed by atoms with van der Waals surface area (Å²) in [4.78, 5) is 4.05. The number of rotatable bonds is 3. The Morgan fingerprint density at radius 2 is 1.86 bits per heavy atom. The van der Waals surface area contributed by atoms with E-state index in [9.17, 15) is 8.78 Å². The van der Waals surface area contributed by atoms with Gasteiger partial charge < -0.3 is 10.4 Å². The van der Waals surface area contributed by atoms with Crippen LogP contribution >= 0.6 is 0 Å². The van der Waals surface area contributed by atoms with Gasteiger partial charge in [0.05, 0.1) is 0 Å². The first-order chi connectivity index (χ1) is 10.1. The molecule has 0 bridgehead atoms. The Kier molecular flexibility index (Phi) is 3.39. The van der Waals surface area contributed by atoms with Gasteiger partial charge in [0.25, 0.3) is 0 Å². The first kappa shape index (κ1) is 13.3.